The van der Waals surface area contributed by atoms with Crippen LogP contribution in [0.2, 0.25) is 0 Å². The fourth-order valence-electron chi connectivity index (χ4n) is 5.46. The predicted molar refractivity (Wildman–Crippen MR) is 186 cm³/mol. The van der Waals surface area contributed by atoms with Gasteiger partial charge in [-0.25, -0.2) is 9.59 Å². The van der Waals surface area contributed by atoms with E-state index >= 15 is 0 Å². The summed E-state index contributed by atoms with van der Waals surface area (Å²) in [4.78, 5) is 25.0. The number of hydrogen-bond acceptors (Lipinski definition) is 6. The summed E-state index contributed by atoms with van der Waals surface area (Å²) in [5.74, 6) is 0.930. The van der Waals surface area contributed by atoms with Crippen molar-refractivity contribution >= 4 is 33.5 Å². The molecule has 0 radical (unpaired) electrons. The van der Waals surface area contributed by atoms with E-state index in [-0.39, 0.29) is 11.9 Å². The maximum Gasteiger partial charge on any atom is 0.338 e. The van der Waals surface area contributed by atoms with Crippen LogP contribution in [-0.2, 0) is 9.47 Å². The van der Waals surface area contributed by atoms with Crippen LogP contribution in [0, 0.1) is 0 Å². The molecule has 0 saturated heterocycles. The minimum atomic E-state index is -0.275. The minimum absolute atomic E-state index is 0.275. The van der Waals surface area contributed by atoms with Gasteiger partial charge in [0.1, 0.15) is 24.7 Å². The third-order valence-electron chi connectivity index (χ3n) is 8.18. The van der Waals surface area contributed by atoms with Gasteiger partial charge in [-0.15, -0.1) is 0 Å². The average molecular weight is 627 g/mol. The van der Waals surface area contributed by atoms with E-state index in [0.29, 0.717) is 37.6 Å². The number of carbonyl (C=O) groups is 2. The van der Waals surface area contributed by atoms with Crippen molar-refractivity contribution in [2.75, 3.05) is 26.4 Å². The van der Waals surface area contributed by atoms with E-state index < -0.39 is 0 Å². The maximum atomic E-state index is 12.5. The van der Waals surface area contributed by atoms with Gasteiger partial charge in [-0.2, -0.15) is 0 Å². The average Bonchev–Trinajstić information content (AvgIpc) is 3.08. The monoisotopic (exact) mass is 626 g/mol. The normalized spacial score (nSPS) is 11.1. The Balaban J connectivity index is 1.18. The molecular formula is C40H50O6. The van der Waals surface area contributed by atoms with Crippen molar-refractivity contribution in [1.29, 1.82) is 0 Å². The first-order valence-corrected chi connectivity index (χ1v) is 17.2. The number of ether oxygens (including phenoxy) is 4. The lowest BCUT2D eigenvalue weighted by atomic mass is 10.1. The number of carbonyl (C=O) groups excluding carboxylic acids is 2. The van der Waals surface area contributed by atoms with Crippen LogP contribution in [0.3, 0.4) is 0 Å². The van der Waals surface area contributed by atoms with Crippen LogP contribution < -0.4 is 9.47 Å². The largest absolute Gasteiger partial charge is 0.490 e. The highest BCUT2D eigenvalue weighted by Gasteiger charge is 2.10. The zero-order valence-electron chi connectivity index (χ0n) is 27.7. The zero-order chi connectivity index (χ0) is 32.4. The molecule has 0 aliphatic carbocycles. The topological polar surface area (TPSA) is 71.1 Å². The van der Waals surface area contributed by atoms with Gasteiger partial charge in [0.2, 0.25) is 0 Å². The van der Waals surface area contributed by atoms with Crippen LogP contribution >= 0.6 is 0 Å². The first-order valence-electron chi connectivity index (χ1n) is 17.2. The van der Waals surface area contributed by atoms with Crippen LogP contribution in [-0.4, -0.2) is 38.4 Å². The second-order valence-corrected chi connectivity index (χ2v) is 12.0. The molecule has 0 saturated carbocycles. The van der Waals surface area contributed by atoms with E-state index in [1.807, 2.05) is 60.7 Å². The SMILES string of the molecule is CCCCCCCCOC(=O)c1ccc2cc(OCCOc3ccc4cc(C(=O)OCCCCCCCC)ccc4c3)ccc2c1. The Morgan fingerprint density at radius 1 is 0.435 bits per heavy atom. The van der Waals surface area contributed by atoms with Gasteiger partial charge in [-0.05, 0) is 82.9 Å². The van der Waals surface area contributed by atoms with Crippen LogP contribution in [0.4, 0.5) is 0 Å². The number of esters is 2. The highest BCUT2D eigenvalue weighted by Crippen LogP contribution is 2.24. The quantitative estimate of drug-likeness (QED) is 0.0677. The van der Waals surface area contributed by atoms with E-state index in [2.05, 4.69) is 13.8 Å². The summed E-state index contributed by atoms with van der Waals surface area (Å²) in [7, 11) is 0. The molecule has 46 heavy (non-hydrogen) atoms. The third-order valence-corrected chi connectivity index (χ3v) is 8.18. The van der Waals surface area contributed by atoms with E-state index in [1.54, 1.807) is 12.1 Å². The molecule has 4 aromatic carbocycles. The molecule has 0 unspecified atom stereocenters. The lowest BCUT2D eigenvalue weighted by Gasteiger charge is -2.11. The zero-order valence-corrected chi connectivity index (χ0v) is 27.7. The second-order valence-electron chi connectivity index (χ2n) is 12.0. The lowest BCUT2D eigenvalue weighted by molar-refractivity contribution is 0.0488. The summed E-state index contributed by atoms with van der Waals surface area (Å²) in [6.07, 6.45) is 13.9. The number of unbranched alkanes of at least 4 members (excludes halogenated alkanes) is 10. The van der Waals surface area contributed by atoms with Crippen molar-refractivity contribution < 1.29 is 28.5 Å². The van der Waals surface area contributed by atoms with E-state index in [0.717, 1.165) is 58.7 Å². The lowest BCUT2D eigenvalue weighted by Crippen LogP contribution is -2.09. The van der Waals surface area contributed by atoms with Crippen LogP contribution in [0.15, 0.2) is 72.8 Å². The van der Waals surface area contributed by atoms with Gasteiger partial charge in [0.05, 0.1) is 24.3 Å². The molecule has 0 aromatic heterocycles. The van der Waals surface area contributed by atoms with Gasteiger partial charge < -0.3 is 18.9 Å². The van der Waals surface area contributed by atoms with Gasteiger partial charge in [0, 0.05) is 0 Å². The Morgan fingerprint density at radius 2 is 0.804 bits per heavy atom. The smallest absolute Gasteiger partial charge is 0.338 e. The molecule has 0 fully saturated rings. The second kappa shape index (κ2) is 19.5. The summed E-state index contributed by atoms with van der Waals surface area (Å²) < 4.78 is 22.8. The van der Waals surface area contributed by atoms with Crippen molar-refractivity contribution in [3.63, 3.8) is 0 Å². The number of rotatable bonds is 21. The highest BCUT2D eigenvalue weighted by molar-refractivity contribution is 5.96. The van der Waals surface area contributed by atoms with Gasteiger partial charge in [-0.3, -0.25) is 0 Å². The molecule has 0 atom stereocenters. The van der Waals surface area contributed by atoms with Gasteiger partial charge in [0.15, 0.2) is 0 Å². The molecule has 6 heteroatoms. The Hall–Kier alpha value is -4.06. The molecule has 4 aromatic rings. The van der Waals surface area contributed by atoms with Crippen molar-refractivity contribution in [3.8, 4) is 11.5 Å². The maximum absolute atomic E-state index is 12.5. The Bertz CT molecular complexity index is 1410. The van der Waals surface area contributed by atoms with Gasteiger partial charge in [-0.1, -0.05) is 102 Å². The summed E-state index contributed by atoms with van der Waals surface area (Å²) in [5, 5.41) is 3.91. The molecule has 0 aliphatic heterocycles. The summed E-state index contributed by atoms with van der Waals surface area (Å²) in [5.41, 5.74) is 1.13. The molecule has 0 bridgehead atoms. The molecule has 0 amide bonds. The Labute approximate surface area is 274 Å². The molecule has 6 nitrogen and oxygen atoms in total. The van der Waals surface area contributed by atoms with Crippen LogP contribution in [0.1, 0.15) is 112 Å². The third kappa shape index (κ3) is 11.4. The molecule has 0 N–H and O–H groups in total. The number of hydrogen-bond donors (Lipinski definition) is 0. The summed E-state index contributed by atoms with van der Waals surface area (Å²) >= 11 is 0. The van der Waals surface area contributed by atoms with Crippen molar-refractivity contribution in [3.05, 3.63) is 83.9 Å². The first-order chi connectivity index (χ1) is 22.6. The minimum Gasteiger partial charge on any atom is -0.490 e. The van der Waals surface area contributed by atoms with Crippen LogP contribution in [0.5, 0.6) is 11.5 Å². The summed E-state index contributed by atoms with van der Waals surface area (Å²) in [6, 6.07) is 22.9. The Morgan fingerprint density at radius 3 is 1.24 bits per heavy atom. The fraction of sp³-hybridized carbons (Fsp3) is 0.450. The standard InChI is InChI=1S/C40H50O6/c1-3-5-7-9-11-13-23-45-39(41)35-17-15-33-29-37(21-19-31(33)27-35)43-25-26-44-38-22-20-32-28-36(18-16-34(32)30-38)40(42)46-24-14-12-10-8-6-4-2/h15-22,27-30H,3-14,23-26H2,1-2H3. The number of fused-ring (bicyclic) bond motifs is 2. The number of benzene rings is 4. The first kappa shape index (κ1) is 34.8. The predicted octanol–water partition coefficient (Wildman–Crippen LogP) is 10.5. The van der Waals surface area contributed by atoms with E-state index in [9.17, 15) is 9.59 Å². The van der Waals surface area contributed by atoms with E-state index in [4.69, 9.17) is 18.9 Å². The van der Waals surface area contributed by atoms with E-state index in [1.165, 1.54) is 51.4 Å². The molecule has 0 spiro atoms. The van der Waals surface area contributed by atoms with Crippen molar-refractivity contribution in [2.45, 2.75) is 90.9 Å². The molecule has 0 aliphatic rings. The van der Waals surface area contributed by atoms with Gasteiger partial charge in [0.25, 0.3) is 0 Å². The Kier molecular flexibility index (Phi) is 14.7. The highest BCUT2D eigenvalue weighted by atomic mass is 16.5. The van der Waals surface area contributed by atoms with Gasteiger partial charge >= 0.3 is 11.9 Å². The van der Waals surface area contributed by atoms with Crippen molar-refractivity contribution in [1.82, 2.24) is 0 Å². The van der Waals surface area contributed by atoms with Crippen molar-refractivity contribution in [2.24, 2.45) is 0 Å². The molecule has 246 valence electrons. The molecule has 0 heterocycles. The summed E-state index contributed by atoms with van der Waals surface area (Å²) in [6.45, 7) is 6.12. The van der Waals surface area contributed by atoms with Crippen LogP contribution in [0.25, 0.3) is 21.5 Å². The fourth-order valence-corrected chi connectivity index (χ4v) is 5.46. The molecular weight excluding hydrogens is 576 g/mol. The molecule has 4 rings (SSSR count).